The fourth-order valence-electron chi connectivity index (χ4n) is 2.08. The van der Waals surface area contributed by atoms with Crippen molar-refractivity contribution in [2.45, 2.75) is 65.3 Å². The van der Waals surface area contributed by atoms with Gasteiger partial charge in [0.1, 0.15) is 12.3 Å². The molecule has 0 rings (SSSR count). The molecule has 0 aliphatic heterocycles. The van der Waals surface area contributed by atoms with Gasteiger partial charge in [-0.3, -0.25) is 19.7 Å². The Balaban J connectivity index is 4.39. The molecular weight excluding hydrogens is 326 g/mol. The molecule has 8 nitrogen and oxygen atoms in total. The van der Waals surface area contributed by atoms with Gasteiger partial charge < -0.3 is 20.5 Å². The maximum atomic E-state index is 12.1. The molecule has 0 bridgehead atoms. The number of amides is 2. The second-order valence-electron chi connectivity index (χ2n) is 5.68. The molecule has 0 saturated heterocycles. The predicted octanol–water partition coefficient (Wildman–Crippen LogP) is 0.213. The number of esters is 1. The fourth-order valence-corrected chi connectivity index (χ4v) is 2.08. The fraction of sp³-hybridized carbons (Fsp3) is 0.706. The van der Waals surface area contributed by atoms with Crippen LogP contribution in [0.5, 0.6) is 0 Å². The molecule has 144 valence electrons. The van der Waals surface area contributed by atoms with E-state index in [4.69, 9.17) is 0 Å². The van der Waals surface area contributed by atoms with Gasteiger partial charge in [-0.25, -0.2) is 0 Å². The minimum atomic E-state index is -0.908. The highest BCUT2D eigenvalue weighted by molar-refractivity contribution is 5.89. The highest BCUT2D eigenvalue weighted by Gasteiger charge is 2.22. The van der Waals surface area contributed by atoms with Crippen molar-refractivity contribution >= 4 is 17.8 Å². The van der Waals surface area contributed by atoms with Crippen LogP contribution in [0, 0.1) is 0 Å². The number of carbonyl (C=O) groups excluding carboxylic acids is 3. The summed E-state index contributed by atoms with van der Waals surface area (Å²) in [5.74, 6) is -1.22. The third-order valence-electron chi connectivity index (χ3n) is 3.64. The van der Waals surface area contributed by atoms with Gasteiger partial charge in [0, 0.05) is 6.54 Å². The van der Waals surface area contributed by atoms with Crippen molar-refractivity contribution < 1.29 is 24.2 Å². The van der Waals surface area contributed by atoms with Crippen molar-refractivity contribution in [2.24, 2.45) is 0 Å². The summed E-state index contributed by atoms with van der Waals surface area (Å²) in [7, 11) is 1.27. The van der Waals surface area contributed by atoms with Crippen LogP contribution in [-0.2, 0) is 19.1 Å². The molecule has 0 radical (unpaired) electrons. The lowest BCUT2D eigenvalue weighted by atomic mass is 10.1. The minimum absolute atomic E-state index is 0.0661. The minimum Gasteiger partial charge on any atom is -0.469 e. The summed E-state index contributed by atoms with van der Waals surface area (Å²) in [6.45, 7) is 7.19. The molecule has 0 spiro atoms. The van der Waals surface area contributed by atoms with Crippen molar-refractivity contribution in [2.75, 3.05) is 13.7 Å². The Kier molecular flexibility index (Phi) is 11.5. The molecule has 8 heteroatoms. The summed E-state index contributed by atoms with van der Waals surface area (Å²) in [5, 5.41) is 18.0. The maximum Gasteiger partial charge on any atom is 0.307 e. The summed E-state index contributed by atoms with van der Waals surface area (Å²) in [4.78, 5) is 35.0. The van der Waals surface area contributed by atoms with Gasteiger partial charge >= 0.3 is 5.97 Å². The SMILES string of the molecule is CC/C=C(\CC)C(O)N[C@@H](C)C(=O)N[C@@H](C)C(=O)NCCC(=O)OC. The summed E-state index contributed by atoms with van der Waals surface area (Å²) < 4.78 is 4.47. The number of allylic oxidation sites excluding steroid dienone is 1. The molecule has 25 heavy (non-hydrogen) atoms. The molecule has 0 saturated carbocycles. The van der Waals surface area contributed by atoms with Crippen LogP contribution in [0.3, 0.4) is 0 Å². The topological polar surface area (TPSA) is 117 Å². The van der Waals surface area contributed by atoms with E-state index in [0.717, 1.165) is 12.0 Å². The zero-order valence-corrected chi connectivity index (χ0v) is 15.7. The van der Waals surface area contributed by atoms with Gasteiger partial charge in [0.25, 0.3) is 0 Å². The highest BCUT2D eigenvalue weighted by atomic mass is 16.5. The largest absolute Gasteiger partial charge is 0.469 e. The number of rotatable bonds is 11. The van der Waals surface area contributed by atoms with Gasteiger partial charge in [-0.1, -0.05) is 19.9 Å². The molecule has 4 N–H and O–H groups in total. The first kappa shape index (κ1) is 23.1. The third kappa shape index (κ3) is 9.21. The van der Waals surface area contributed by atoms with Gasteiger partial charge in [0.05, 0.1) is 19.6 Å². The van der Waals surface area contributed by atoms with E-state index in [9.17, 15) is 19.5 Å². The quantitative estimate of drug-likeness (QED) is 0.239. The lowest BCUT2D eigenvalue weighted by Gasteiger charge is -2.22. The normalized spacial score (nSPS) is 15.0. The number of hydrogen-bond donors (Lipinski definition) is 4. The number of carbonyl (C=O) groups is 3. The van der Waals surface area contributed by atoms with Gasteiger partial charge in [-0.15, -0.1) is 0 Å². The molecule has 0 fully saturated rings. The lowest BCUT2D eigenvalue weighted by Crippen LogP contribution is -2.52. The molecule has 0 aliphatic rings. The Morgan fingerprint density at radius 1 is 1.12 bits per heavy atom. The van der Waals surface area contributed by atoms with Crippen LogP contribution >= 0.6 is 0 Å². The number of hydrogen-bond acceptors (Lipinski definition) is 6. The molecule has 0 heterocycles. The van der Waals surface area contributed by atoms with E-state index in [1.807, 2.05) is 19.9 Å². The summed E-state index contributed by atoms with van der Waals surface area (Å²) >= 11 is 0. The third-order valence-corrected chi connectivity index (χ3v) is 3.64. The molecular formula is C17H31N3O5. The van der Waals surface area contributed by atoms with E-state index in [1.165, 1.54) is 7.11 Å². The standard InChI is InChI=1S/C17H31N3O5/c1-6-8-13(7-2)17(24)20-12(4)16(23)19-11(3)15(22)18-10-9-14(21)25-5/h8,11-12,17,20,24H,6-7,9-10H2,1-5H3,(H,18,22)(H,19,23)/b13-8+/t11-,12-,17?/m0/s1. The first-order chi connectivity index (χ1) is 11.8. The van der Waals surface area contributed by atoms with E-state index in [0.29, 0.717) is 6.42 Å². The van der Waals surface area contributed by atoms with Crippen molar-refractivity contribution in [3.8, 4) is 0 Å². The molecule has 0 aromatic carbocycles. The van der Waals surface area contributed by atoms with E-state index < -0.39 is 36.1 Å². The second-order valence-corrected chi connectivity index (χ2v) is 5.68. The van der Waals surface area contributed by atoms with Crippen LogP contribution in [0.4, 0.5) is 0 Å². The first-order valence-electron chi connectivity index (χ1n) is 8.54. The van der Waals surface area contributed by atoms with Crippen LogP contribution in [0.15, 0.2) is 11.6 Å². The van der Waals surface area contributed by atoms with Crippen molar-refractivity contribution in [1.82, 2.24) is 16.0 Å². The van der Waals surface area contributed by atoms with E-state index >= 15 is 0 Å². The lowest BCUT2D eigenvalue weighted by molar-refractivity contribution is -0.140. The Morgan fingerprint density at radius 2 is 1.76 bits per heavy atom. The molecule has 0 aromatic rings. The zero-order valence-electron chi connectivity index (χ0n) is 15.7. The van der Waals surface area contributed by atoms with E-state index in [2.05, 4.69) is 20.7 Å². The number of ether oxygens (including phenoxy) is 1. The average molecular weight is 357 g/mol. The highest BCUT2D eigenvalue weighted by Crippen LogP contribution is 2.07. The zero-order chi connectivity index (χ0) is 19.4. The molecule has 0 aliphatic carbocycles. The Labute approximate surface area is 149 Å². The Hall–Kier alpha value is -1.93. The van der Waals surface area contributed by atoms with Crippen LogP contribution in [0.1, 0.15) is 47.0 Å². The van der Waals surface area contributed by atoms with Crippen molar-refractivity contribution in [3.63, 3.8) is 0 Å². The van der Waals surface area contributed by atoms with Crippen LogP contribution in [-0.4, -0.2) is 54.9 Å². The van der Waals surface area contributed by atoms with E-state index in [-0.39, 0.29) is 13.0 Å². The number of aliphatic hydroxyl groups excluding tert-OH is 1. The number of aliphatic hydroxyl groups is 1. The number of nitrogens with one attached hydrogen (secondary N) is 3. The molecule has 0 aromatic heterocycles. The smallest absolute Gasteiger partial charge is 0.307 e. The molecule has 2 amide bonds. The summed E-state index contributed by atoms with van der Waals surface area (Å²) in [6, 6.07) is -1.43. The van der Waals surface area contributed by atoms with Gasteiger partial charge in [-0.2, -0.15) is 0 Å². The average Bonchev–Trinajstić information content (AvgIpc) is 2.58. The van der Waals surface area contributed by atoms with Crippen molar-refractivity contribution in [3.05, 3.63) is 11.6 Å². The van der Waals surface area contributed by atoms with Gasteiger partial charge in [-0.05, 0) is 32.3 Å². The molecule has 3 atom stereocenters. The summed E-state index contributed by atoms with van der Waals surface area (Å²) in [6.07, 6.45) is 2.55. The number of methoxy groups -OCH3 is 1. The second kappa shape index (κ2) is 12.4. The Bertz CT molecular complexity index is 479. The van der Waals surface area contributed by atoms with Gasteiger partial charge in [0.15, 0.2) is 0 Å². The maximum absolute atomic E-state index is 12.1. The van der Waals surface area contributed by atoms with E-state index in [1.54, 1.807) is 13.8 Å². The van der Waals surface area contributed by atoms with Crippen LogP contribution < -0.4 is 16.0 Å². The summed E-state index contributed by atoms with van der Waals surface area (Å²) in [5.41, 5.74) is 0.816. The van der Waals surface area contributed by atoms with Gasteiger partial charge in [0.2, 0.25) is 11.8 Å². The first-order valence-corrected chi connectivity index (χ1v) is 8.54. The predicted molar refractivity (Wildman–Crippen MR) is 94.5 cm³/mol. The molecule has 1 unspecified atom stereocenters. The van der Waals surface area contributed by atoms with Crippen molar-refractivity contribution in [1.29, 1.82) is 0 Å². The van der Waals surface area contributed by atoms with Crippen LogP contribution in [0.2, 0.25) is 0 Å². The van der Waals surface area contributed by atoms with Crippen LogP contribution in [0.25, 0.3) is 0 Å². The Morgan fingerprint density at radius 3 is 2.28 bits per heavy atom. The monoisotopic (exact) mass is 357 g/mol.